The molecule has 1 saturated carbocycles. The molecule has 4 heteroatoms. The lowest BCUT2D eigenvalue weighted by atomic mass is 10.1. The molecule has 0 unspecified atom stereocenters. The molecule has 0 bridgehead atoms. The molecule has 1 heterocycles. The normalized spacial score (nSPS) is 16.1. The lowest BCUT2D eigenvalue weighted by Crippen LogP contribution is -2.25. The van der Waals surface area contributed by atoms with Crippen molar-refractivity contribution in [2.75, 3.05) is 0 Å². The zero-order valence-corrected chi connectivity index (χ0v) is 11.2. The van der Waals surface area contributed by atoms with Gasteiger partial charge in [-0.1, -0.05) is 42.6 Å². The molecule has 0 saturated heterocycles. The molecule has 3 rings (SSSR count). The van der Waals surface area contributed by atoms with Gasteiger partial charge in [-0.3, -0.25) is 14.2 Å². The maximum absolute atomic E-state index is 12.6. The predicted octanol–water partition coefficient (Wildman–Crippen LogP) is 3.58. The highest BCUT2D eigenvalue weighted by molar-refractivity contribution is 6.33. The molecule has 0 amide bonds. The number of halogens is 1. The van der Waals surface area contributed by atoms with Crippen LogP contribution < -0.4 is 5.56 Å². The standard InChI is InChI=1S/C15H14ClNO2/c16-14-13(9-18)11-7-3-4-8-12(11)15(19)17(14)10-5-1-2-6-10/h3-4,7-10H,1-2,5-6H2. The van der Waals surface area contributed by atoms with Crippen LogP contribution in [-0.4, -0.2) is 10.9 Å². The summed E-state index contributed by atoms with van der Waals surface area (Å²) in [6.07, 6.45) is 4.87. The predicted molar refractivity (Wildman–Crippen MR) is 76.1 cm³/mol. The van der Waals surface area contributed by atoms with Gasteiger partial charge in [0.25, 0.3) is 5.56 Å². The summed E-state index contributed by atoms with van der Waals surface area (Å²) >= 11 is 6.30. The number of carbonyl (C=O) groups is 1. The van der Waals surface area contributed by atoms with Crippen molar-refractivity contribution in [1.82, 2.24) is 4.57 Å². The minimum atomic E-state index is -0.0851. The second-order valence-corrected chi connectivity index (χ2v) is 5.34. The Morgan fingerprint density at radius 2 is 1.79 bits per heavy atom. The summed E-state index contributed by atoms with van der Waals surface area (Å²) in [6, 6.07) is 7.27. The molecule has 1 aromatic carbocycles. The first-order valence-electron chi connectivity index (χ1n) is 6.52. The number of rotatable bonds is 2. The lowest BCUT2D eigenvalue weighted by molar-refractivity contribution is 0.112. The highest BCUT2D eigenvalue weighted by Crippen LogP contribution is 2.33. The second kappa shape index (κ2) is 4.82. The lowest BCUT2D eigenvalue weighted by Gasteiger charge is -2.18. The monoisotopic (exact) mass is 275 g/mol. The highest BCUT2D eigenvalue weighted by Gasteiger charge is 2.23. The Morgan fingerprint density at radius 3 is 2.42 bits per heavy atom. The Balaban J connectivity index is 2.38. The molecular weight excluding hydrogens is 262 g/mol. The topological polar surface area (TPSA) is 39.1 Å². The number of hydrogen-bond donors (Lipinski definition) is 0. The zero-order chi connectivity index (χ0) is 13.4. The molecule has 3 nitrogen and oxygen atoms in total. The van der Waals surface area contributed by atoms with Gasteiger partial charge < -0.3 is 0 Å². The zero-order valence-electron chi connectivity index (χ0n) is 10.4. The van der Waals surface area contributed by atoms with Gasteiger partial charge in [0.05, 0.1) is 5.56 Å². The minimum absolute atomic E-state index is 0.0851. The number of aromatic nitrogens is 1. The van der Waals surface area contributed by atoms with E-state index in [0.29, 0.717) is 16.3 Å². The molecule has 19 heavy (non-hydrogen) atoms. The van der Waals surface area contributed by atoms with Gasteiger partial charge in [0.15, 0.2) is 6.29 Å². The average Bonchev–Trinajstić information content (AvgIpc) is 2.93. The minimum Gasteiger partial charge on any atom is -0.298 e. The fourth-order valence-corrected chi connectivity index (χ4v) is 3.33. The van der Waals surface area contributed by atoms with Crippen molar-refractivity contribution in [1.29, 1.82) is 0 Å². The van der Waals surface area contributed by atoms with Gasteiger partial charge in [-0.2, -0.15) is 0 Å². The Hall–Kier alpha value is -1.61. The smallest absolute Gasteiger partial charge is 0.259 e. The molecule has 0 N–H and O–H groups in total. The number of pyridine rings is 1. The van der Waals surface area contributed by atoms with Crippen LogP contribution in [0.5, 0.6) is 0 Å². The largest absolute Gasteiger partial charge is 0.298 e. The summed E-state index contributed by atoms with van der Waals surface area (Å²) in [5, 5.41) is 1.49. The van der Waals surface area contributed by atoms with Crippen LogP contribution in [0.3, 0.4) is 0 Å². The van der Waals surface area contributed by atoms with Crippen LogP contribution in [0, 0.1) is 0 Å². The van der Waals surface area contributed by atoms with Crippen molar-refractivity contribution >= 4 is 28.7 Å². The van der Waals surface area contributed by atoms with Crippen molar-refractivity contribution in [3.63, 3.8) is 0 Å². The highest BCUT2D eigenvalue weighted by atomic mass is 35.5. The molecule has 0 atom stereocenters. The molecule has 98 valence electrons. The molecule has 1 aliphatic carbocycles. The van der Waals surface area contributed by atoms with E-state index >= 15 is 0 Å². The molecule has 2 aromatic rings. The Bertz CT molecular complexity index is 699. The number of nitrogens with zero attached hydrogens (tertiary/aromatic N) is 1. The fourth-order valence-electron chi connectivity index (χ4n) is 2.96. The maximum atomic E-state index is 12.6. The summed E-state index contributed by atoms with van der Waals surface area (Å²) in [7, 11) is 0. The van der Waals surface area contributed by atoms with E-state index in [9.17, 15) is 9.59 Å². The van der Waals surface area contributed by atoms with E-state index < -0.39 is 0 Å². The molecule has 1 aliphatic rings. The van der Waals surface area contributed by atoms with Crippen LogP contribution in [0.25, 0.3) is 10.8 Å². The average molecular weight is 276 g/mol. The third-order valence-electron chi connectivity index (χ3n) is 3.91. The number of hydrogen-bond acceptors (Lipinski definition) is 2. The second-order valence-electron chi connectivity index (χ2n) is 4.98. The van der Waals surface area contributed by atoms with Gasteiger partial charge in [-0.15, -0.1) is 0 Å². The van der Waals surface area contributed by atoms with Crippen LogP contribution >= 0.6 is 11.6 Å². The van der Waals surface area contributed by atoms with Gasteiger partial charge in [0, 0.05) is 16.8 Å². The molecule has 0 radical (unpaired) electrons. The summed E-state index contributed by atoms with van der Waals surface area (Å²) in [5.41, 5.74) is 0.335. The quantitative estimate of drug-likeness (QED) is 0.621. The van der Waals surface area contributed by atoms with E-state index in [1.54, 1.807) is 16.7 Å². The van der Waals surface area contributed by atoms with Gasteiger partial charge in [0.2, 0.25) is 0 Å². The maximum Gasteiger partial charge on any atom is 0.259 e. The van der Waals surface area contributed by atoms with E-state index in [4.69, 9.17) is 11.6 Å². The van der Waals surface area contributed by atoms with Crippen LogP contribution in [0.1, 0.15) is 42.1 Å². The summed E-state index contributed by atoms with van der Waals surface area (Å²) in [4.78, 5) is 23.9. The first-order chi connectivity index (χ1) is 9.24. The van der Waals surface area contributed by atoms with Crippen LogP contribution in [0.2, 0.25) is 5.15 Å². The first-order valence-corrected chi connectivity index (χ1v) is 6.89. The van der Waals surface area contributed by atoms with Crippen molar-refractivity contribution in [2.45, 2.75) is 31.7 Å². The Kier molecular flexibility index (Phi) is 3.15. The van der Waals surface area contributed by atoms with E-state index in [0.717, 1.165) is 32.0 Å². The number of benzene rings is 1. The number of aldehydes is 1. The molecule has 0 aliphatic heterocycles. The number of fused-ring (bicyclic) bond motifs is 1. The number of carbonyl (C=O) groups excluding carboxylic acids is 1. The van der Waals surface area contributed by atoms with Gasteiger partial charge in [-0.05, 0) is 18.9 Å². The fraction of sp³-hybridized carbons (Fsp3) is 0.333. The molecule has 0 spiro atoms. The Morgan fingerprint density at radius 1 is 1.16 bits per heavy atom. The van der Waals surface area contributed by atoms with Crippen molar-refractivity contribution in [2.24, 2.45) is 0 Å². The SMILES string of the molecule is O=Cc1c(Cl)n(C2CCCC2)c(=O)c2ccccc12. The summed E-state index contributed by atoms with van der Waals surface area (Å²) < 4.78 is 1.61. The van der Waals surface area contributed by atoms with E-state index in [-0.39, 0.29) is 16.8 Å². The van der Waals surface area contributed by atoms with Crippen molar-refractivity contribution < 1.29 is 4.79 Å². The Labute approximate surface area is 115 Å². The molecule has 1 aromatic heterocycles. The van der Waals surface area contributed by atoms with E-state index in [1.807, 2.05) is 12.1 Å². The van der Waals surface area contributed by atoms with Crippen LogP contribution in [-0.2, 0) is 0 Å². The first kappa shape index (κ1) is 12.4. The molecular formula is C15H14ClNO2. The van der Waals surface area contributed by atoms with E-state index in [1.165, 1.54) is 0 Å². The van der Waals surface area contributed by atoms with Gasteiger partial charge in [-0.25, -0.2) is 0 Å². The van der Waals surface area contributed by atoms with Gasteiger partial charge in [0.1, 0.15) is 5.15 Å². The summed E-state index contributed by atoms with van der Waals surface area (Å²) in [6.45, 7) is 0. The van der Waals surface area contributed by atoms with Crippen molar-refractivity contribution in [3.8, 4) is 0 Å². The van der Waals surface area contributed by atoms with Crippen molar-refractivity contribution in [3.05, 3.63) is 45.3 Å². The van der Waals surface area contributed by atoms with Crippen LogP contribution in [0.4, 0.5) is 0 Å². The third-order valence-corrected chi connectivity index (χ3v) is 4.29. The van der Waals surface area contributed by atoms with Crippen LogP contribution in [0.15, 0.2) is 29.1 Å². The van der Waals surface area contributed by atoms with Gasteiger partial charge >= 0.3 is 0 Å². The summed E-state index contributed by atoms with van der Waals surface area (Å²) in [5.74, 6) is 0. The van der Waals surface area contributed by atoms with E-state index in [2.05, 4.69) is 0 Å². The molecule has 1 fully saturated rings. The third kappa shape index (κ3) is 1.89.